The zero-order chi connectivity index (χ0) is 13.9. The standard InChI is InChI=1S/C16H14O2S2/c1-17-15-11(13-5-3-9-19-13)7-8-12(16(15)18-2)14-6-4-10-20-14/h3-10H,1-2H3. The van der Waals surface area contributed by atoms with E-state index in [-0.39, 0.29) is 0 Å². The summed E-state index contributed by atoms with van der Waals surface area (Å²) in [6, 6.07) is 12.5. The minimum absolute atomic E-state index is 0.792. The fourth-order valence-electron chi connectivity index (χ4n) is 2.22. The lowest BCUT2D eigenvalue weighted by Gasteiger charge is -2.15. The molecule has 1 aromatic carbocycles. The quantitative estimate of drug-likeness (QED) is 0.662. The minimum Gasteiger partial charge on any atom is -0.492 e. The lowest BCUT2D eigenvalue weighted by Crippen LogP contribution is -1.95. The Morgan fingerprint density at radius 1 is 0.700 bits per heavy atom. The van der Waals surface area contributed by atoms with Crippen LogP contribution >= 0.6 is 22.7 Å². The van der Waals surface area contributed by atoms with Crippen molar-refractivity contribution in [1.82, 2.24) is 0 Å². The molecular formula is C16H14O2S2. The zero-order valence-electron chi connectivity index (χ0n) is 11.3. The van der Waals surface area contributed by atoms with Gasteiger partial charge in [-0.3, -0.25) is 0 Å². The molecule has 0 unspecified atom stereocenters. The molecule has 0 bridgehead atoms. The van der Waals surface area contributed by atoms with Crippen molar-refractivity contribution in [1.29, 1.82) is 0 Å². The predicted octanol–water partition coefficient (Wildman–Crippen LogP) is 5.16. The van der Waals surface area contributed by atoms with Crippen molar-refractivity contribution in [3.63, 3.8) is 0 Å². The van der Waals surface area contributed by atoms with Gasteiger partial charge in [0.2, 0.25) is 0 Å². The number of ether oxygens (including phenoxy) is 2. The number of benzene rings is 1. The Hall–Kier alpha value is -1.78. The van der Waals surface area contributed by atoms with Gasteiger partial charge in [-0.1, -0.05) is 12.1 Å². The molecule has 0 amide bonds. The first-order chi connectivity index (χ1) is 9.85. The van der Waals surface area contributed by atoms with E-state index in [4.69, 9.17) is 9.47 Å². The molecule has 20 heavy (non-hydrogen) atoms. The Bertz CT molecular complexity index is 624. The molecular weight excluding hydrogens is 288 g/mol. The van der Waals surface area contributed by atoms with Crippen molar-refractivity contribution in [2.24, 2.45) is 0 Å². The van der Waals surface area contributed by atoms with Crippen molar-refractivity contribution >= 4 is 22.7 Å². The third-order valence-corrected chi connectivity index (χ3v) is 4.90. The van der Waals surface area contributed by atoms with Gasteiger partial charge in [0.25, 0.3) is 0 Å². The number of hydrogen-bond donors (Lipinski definition) is 0. The molecule has 0 radical (unpaired) electrons. The second kappa shape index (κ2) is 5.69. The van der Waals surface area contributed by atoms with Crippen molar-refractivity contribution < 1.29 is 9.47 Å². The van der Waals surface area contributed by atoms with Crippen LogP contribution in [0.4, 0.5) is 0 Å². The van der Waals surface area contributed by atoms with Gasteiger partial charge in [-0.15, -0.1) is 22.7 Å². The number of thiophene rings is 2. The molecule has 0 aliphatic heterocycles. The minimum atomic E-state index is 0.792. The number of methoxy groups -OCH3 is 2. The number of rotatable bonds is 4. The van der Waals surface area contributed by atoms with Crippen LogP contribution in [-0.2, 0) is 0 Å². The van der Waals surface area contributed by atoms with Crippen LogP contribution in [0.1, 0.15) is 0 Å². The fourth-order valence-corrected chi connectivity index (χ4v) is 3.72. The summed E-state index contributed by atoms with van der Waals surface area (Å²) in [5.41, 5.74) is 2.14. The van der Waals surface area contributed by atoms with Gasteiger partial charge in [0, 0.05) is 20.9 Å². The highest BCUT2D eigenvalue weighted by Crippen LogP contribution is 2.46. The second-order valence-corrected chi connectivity index (χ2v) is 6.08. The molecule has 0 fully saturated rings. The van der Waals surface area contributed by atoms with Gasteiger partial charge in [-0.25, -0.2) is 0 Å². The molecule has 0 saturated heterocycles. The second-order valence-electron chi connectivity index (χ2n) is 4.18. The van der Waals surface area contributed by atoms with Gasteiger partial charge >= 0.3 is 0 Å². The average Bonchev–Trinajstić information content (AvgIpc) is 3.18. The summed E-state index contributed by atoms with van der Waals surface area (Å²) >= 11 is 3.39. The number of hydrogen-bond acceptors (Lipinski definition) is 4. The van der Waals surface area contributed by atoms with E-state index in [1.165, 1.54) is 9.75 Å². The maximum atomic E-state index is 5.62. The highest BCUT2D eigenvalue weighted by Gasteiger charge is 2.18. The van der Waals surface area contributed by atoms with E-state index in [1.54, 1.807) is 36.9 Å². The largest absolute Gasteiger partial charge is 0.492 e. The summed E-state index contributed by atoms with van der Waals surface area (Å²) in [5, 5.41) is 4.13. The maximum absolute atomic E-state index is 5.62. The van der Waals surface area contributed by atoms with Crippen LogP contribution in [0.5, 0.6) is 11.5 Å². The van der Waals surface area contributed by atoms with Gasteiger partial charge in [0.15, 0.2) is 11.5 Å². The van der Waals surface area contributed by atoms with Crippen LogP contribution in [0.15, 0.2) is 47.2 Å². The van der Waals surface area contributed by atoms with Crippen LogP contribution in [0.25, 0.3) is 20.9 Å². The summed E-state index contributed by atoms with van der Waals surface area (Å²) < 4.78 is 11.2. The Labute approximate surface area is 126 Å². The van der Waals surface area contributed by atoms with Gasteiger partial charge < -0.3 is 9.47 Å². The van der Waals surface area contributed by atoms with Crippen LogP contribution in [-0.4, -0.2) is 14.2 Å². The molecule has 3 aromatic rings. The van der Waals surface area contributed by atoms with E-state index < -0.39 is 0 Å². The van der Waals surface area contributed by atoms with E-state index in [9.17, 15) is 0 Å². The molecule has 2 heterocycles. The van der Waals surface area contributed by atoms with Crippen LogP contribution in [0, 0.1) is 0 Å². The lowest BCUT2D eigenvalue weighted by molar-refractivity contribution is 0.357. The Kier molecular flexibility index (Phi) is 3.76. The molecule has 4 heteroatoms. The van der Waals surface area contributed by atoms with Crippen molar-refractivity contribution in [3.8, 4) is 32.4 Å². The van der Waals surface area contributed by atoms with Gasteiger partial charge in [-0.2, -0.15) is 0 Å². The van der Waals surface area contributed by atoms with E-state index in [1.807, 2.05) is 12.1 Å². The maximum Gasteiger partial charge on any atom is 0.170 e. The highest BCUT2D eigenvalue weighted by molar-refractivity contribution is 7.14. The normalized spacial score (nSPS) is 10.5. The fraction of sp³-hybridized carbons (Fsp3) is 0.125. The summed E-state index contributed by atoms with van der Waals surface area (Å²) in [7, 11) is 3.38. The lowest BCUT2D eigenvalue weighted by atomic mass is 10.1. The van der Waals surface area contributed by atoms with Crippen LogP contribution in [0.3, 0.4) is 0 Å². The van der Waals surface area contributed by atoms with Crippen molar-refractivity contribution in [2.45, 2.75) is 0 Å². The first-order valence-electron chi connectivity index (χ1n) is 6.18. The molecule has 2 nitrogen and oxygen atoms in total. The van der Waals surface area contributed by atoms with Gasteiger partial charge in [0.1, 0.15) is 0 Å². The van der Waals surface area contributed by atoms with E-state index in [0.717, 1.165) is 22.6 Å². The Balaban J connectivity index is 2.21. The highest BCUT2D eigenvalue weighted by atomic mass is 32.1. The van der Waals surface area contributed by atoms with E-state index in [2.05, 4.69) is 35.0 Å². The smallest absolute Gasteiger partial charge is 0.170 e. The first kappa shape index (κ1) is 13.2. The molecule has 3 rings (SSSR count). The molecule has 0 aliphatic carbocycles. The van der Waals surface area contributed by atoms with Crippen molar-refractivity contribution in [3.05, 3.63) is 47.2 Å². The monoisotopic (exact) mass is 302 g/mol. The van der Waals surface area contributed by atoms with E-state index >= 15 is 0 Å². The molecule has 0 spiro atoms. The molecule has 2 aromatic heterocycles. The molecule has 0 N–H and O–H groups in total. The van der Waals surface area contributed by atoms with Crippen LogP contribution in [0.2, 0.25) is 0 Å². The topological polar surface area (TPSA) is 18.5 Å². The summed E-state index contributed by atoms with van der Waals surface area (Å²) in [6.45, 7) is 0. The van der Waals surface area contributed by atoms with Crippen LogP contribution < -0.4 is 9.47 Å². The summed E-state index contributed by atoms with van der Waals surface area (Å²) in [4.78, 5) is 2.36. The molecule has 0 atom stereocenters. The molecule has 0 aliphatic rings. The summed E-state index contributed by atoms with van der Waals surface area (Å²) in [5.74, 6) is 1.58. The third kappa shape index (κ3) is 2.21. The van der Waals surface area contributed by atoms with E-state index in [0.29, 0.717) is 0 Å². The zero-order valence-corrected chi connectivity index (χ0v) is 12.9. The van der Waals surface area contributed by atoms with Crippen molar-refractivity contribution in [2.75, 3.05) is 14.2 Å². The third-order valence-electron chi connectivity index (χ3n) is 3.09. The molecule has 102 valence electrons. The Morgan fingerprint density at radius 3 is 1.45 bits per heavy atom. The van der Waals surface area contributed by atoms with Gasteiger partial charge in [0.05, 0.1) is 14.2 Å². The average molecular weight is 302 g/mol. The van der Waals surface area contributed by atoms with Gasteiger partial charge in [-0.05, 0) is 35.0 Å². The predicted molar refractivity (Wildman–Crippen MR) is 86.2 cm³/mol. The SMILES string of the molecule is COc1c(-c2cccs2)ccc(-c2cccs2)c1OC. The molecule has 0 saturated carbocycles. The first-order valence-corrected chi connectivity index (χ1v) is 7.94. The Morgan fingerprint density at radius 2 is 1.15 bits per heavy atom. The summed E-state index contributed by atoms with van der Waals surface area (Å²) in [6.07, 6.45) is 0.